The lowest BCUT2D eigenvalue weighted by Crippen LogP contribution is -2.46. The number of amides is 3. The van der Waals surface area contributed by atoms with Gasteiger partial charge in [-0.15, -0.1) is 0 Å². The minimum atomic E-state index is -4.65. The molecule has 2 fully saturated rings. The van der Waals surface area contributed by atoms with Crippen molar-refractivity contribution in [3.8, 4) is 6.01 Å². The van der Waals surface area contributed by atoms with Gasteiger partial charge in [-0.25, -0.2) is 9.59 Å². The summed E-state index contributed by atoms with van der Waals surface area (Å²) in [6.07, 6.45) is -2.83. The van der Waals surface area contributed by atoms with Crippen molar-refractivity contribution in [3.05, 3.63) is 64.7 Å². The Kier molecular flexibility index (Phi) is 14.2. The summed E-state index contributed by atoms with van der Waals surface area (Å²) in [5.74, 6) is -3.45. The highest BCUT2D eigenvalue weighted by atomic mass is 35.5. The van der Waals surface area contributed by atoms with E-state index in [1.807, 2.05) is 12.1 Å². The van der Waals surface area contributed by atoms with Crippen molar-refractivity contribution in [2.45, 2.75) is 82.7 Å². The number of nitrogens with zero attached hydrogens (tertiary/aromatic N) is 4. The van der Waals surface area contributed by atoms with Gasteiger partial charge in [0.05, 0.1) is 12.6 Å². The number of rotatable bonds is 16. The van der Waals surface area contributed by atoms with Crippen LogP contribution in [0.1, 0.15) is 75.2 Å². The zero-order valence-electron chi connectivity index (χ0n) is 32.9. The van der Waals surface area contributed by atoms with E-state index in [0.717, 1.165) is 19.1 Å². The first-order chi connectivity index (χ1) is 27.8. The van der Waals surface area contributed by atoms with Crippen LogP contribution in [0.5, 0.6) is 6.01 Å². The highest BCUT2D eigenvalue weighted by Gasteiger charge is 2.45. The second-order valence-electron chi connectivity index (χ2n) is 15.2. The van der Waals surface area contributed by atoms with Gasteiger partial charge in [0.1, 0.15) is 11.6 Å². The van der Waals surface area contributed by atoms with Crippen LogP contribution in [0.4, 0.5) is 35.5 Å². The number of esters is 1. The molecule has 1 unspecified atom stereocenters. The molecule has 318 valence electrons. The topological polar surface area (TPSA) is 203 Å². The number of ketones is 1. The molecule has 1 aliphatic heterocycles. The fourth-order valence-corrected chi connectivity index (χ4v) is 6.31. The van der Waals surface area contributed by atoms with Gasteiger partial charge in [0, 0.05) is 42.3 Å². The van der Waals surface area contributed by atoms with Gasteiger partial charge in [0.25, 0.3) is 11.8 Å². The summed E-state index contributed by atoms with van der Waals surface area (Å²) < 4.78 is 54.1. The highest BCUT2D eigenvalue weighted by molar-refractivity contribution is 6.36. The van der Waals surface area contributed by atoms with E-state index in [1.165, 1.54) is 24.3 Å². The molecule has 4 N–H and O–H groups in total. The molecular formula is C39H46ClF3N8O8. The maximum absolute atomic E-state index is 13.2. The molecule has 0 bridgehead atoms. The molecule has 0 spiro atoms. The SMILES string of the molecule is COC(=O)[C@H](CCC(=O)C(=O)NCC1CCCN(C(=O)OC(C)(C)C)C1)NC(=O)c1ccc(Nc2nc(NC3(c4ccc(Cl)cc4)CC3)nc(OCC(F)(F)F)n2)cc1. The minimum Gasteiger partial charge on any atom is -0.467 e. The standard InChI is InChI=1S/C39H46ClF3N8O8/c1-37(2,3)59-36(56)51-19-5-6-23(21-51)20-44-31(54)29(52)16-15-28(32(55)57-4)46-30(53)24-7-13-27(14-8-24)45-33-47-34(49-35(48-33)58-22-39(41,42)43)50-38(17-18-38)25-9-11-26(40)12-10-25/h7-14,23,28H,5-6,15-22H2,1-4H3,(H,44,54)(H,46,53)(H2,45,47,48,49,50)/t23?,28-/m0/s1. The minimum absolute atomic E-state index is 0.0382. The third-order valence-electron chi connectivity index (χ3n) is 9.31. The number of benzene rings is 2. The molecule has 3 aromatic rings. The van der Waals surface area contributed by atoms with E-state index in [4.69, 9.17) is 25.8 Å². The lowest BCUT2D eigenvalue weighted by Gasteiger charge is -2.34. The number of piperidine rings is 1. The van der Waals surface area contributed by atoms with Crippen LogP contribution < -0.4 is 26.0 Å². The first kappa shape index (κ1) is 44.4. The number of Topliss-reactive ketones (excluding diaryl/α,β-unsaturated/α-hetero) is 1. The number of methoxy groups -OCH3 is 1. The van der Waals surface area contributed by atoms with E-state index in [2.05, 4.69) is 36.2 Å². The quantitative estimate of drug-likeness (QED) is 0.101. The summed E-state index contributed by atoms with van der Waals surface area (Å²) in [5, 5.41) is 11.7. The Bertz CT molecular complexity index is 1990. The van der Waals surface area contributed by atoms with E-state index in [1.54, 1.807) is 37.8 Å². The van der Waals surface area contributed by atoms with Gasteiger partial charge in [0.2, 0.25) is 17.7 Å². The van der Waals surface area contributed by atoms with Crippen molar-refractivity contribution < 1.29 is 51.4 Å². The average molecular weight is 847 g/mol. The Morgan fingerprint density at radius 2 is 1.64 bits per heavy atom. The maximum atomic E-state index is 13.2. The zero-order valence-corrected chi connectivity index (χ0v) is 33.7. The summed E-state index contributed by atoms with van der Waals surface area (Å²) in [7, 11) is 1.12. The summed E-state index contributed by atoms with van der Waals surface area (Å²) in [6.45, 7) is 4.74. The van der Waals surface area contributed by atoms with Crippen LogP contribution in [-0.4, -0.2) is 101 Å². The number of carbonyl (C=O) groups excluding carboxylic acids is 5. The first-order valence-corrected chi connectivity index (χ1v) is 19.2. The van der Waals surface area contributed by atoms with Crippen molar-refractivity contribution in [1.82, 2.24) is 30.5 Å². The normalized spacial score (nSPS) is 16.5. The van der Waals surface area contributed by atoms with Crippen molar-refractivity contribution >= 4 is 58.8 Å². The van der Waals surface area contributed by atoms with Crippen molar-refractivity contribution in [1.29, 1.82) is 0 Å². The molecule has 1 saturated heterocycles. The van der Waals surface area contributed by atoms with Crippen molar-refractivity contribution in [2.24, 2.45) is 5.92 Å². The number of likely N-dealkylation sites (tertiary alicyclic amines) is 1. The predicted octanol–water partition coefficient (Wildman–Crippen LogP) is 5.69. The molecule has 1 saturated carbocycles. The Labute approximate surface area is 343 Å². The Morgan fingerprint density at radius 1 is 0.966 bits per heavy atom. The number of aromatic nitrogens is 3. The molecule has 0 radical (unpaired) electrons. The summed E-state index contributed by atoms with van der Waals surface area (Å²) in [6, 6.07) is 11.0. The molecule has 59 heavy (non-hydrogen) atoms. The van der Waals surface area contributed by atoms with Gasteiger partial charge in [-0.1, -0.05) is 23.7 Å². The van der Waals surface area contributed by atoms with Gasteiger partial charge in [-0.05, 0) is 101 Å². The third kappa shape index (κ3) is 13.4. The molecule has 5 rings (SSSR count). The number of hydrogen-bond acceptors (Lipinski definition) is 13. The largest absolute Gasteiger partial charge is 0.467 e. The van der Waals surface area contributed by atoms with Crippen LogP contribution in [0.15, 0.2) is 48.5 Å². The van der Waals surface area contributed by atoms with Gasteiger partial charge < -0.3 is 40.4 Å². The van der Waals surface area contributed by atoms with Crippen LogP contribution in [0.2, 0.25) is 5.02 Å². The van der Waals surface area contributed by atoms with E-state index in [9.17, 15) is 37.1 Å². The van der Waals surface area contributed by atoms with E-state index >= 15 is 0 Å². The molecule has 1 aromatic heterocycles. The third-order valence-corrected chi connectivity index (χ3v) is 9.56. The molecular weight excluding hydrogens is 801 g/mol. The lowest BCUT2D eigenvalue weighted by molar-refractivity contribution is -0.154. The highest BCUT2D eigenvalue weighted by Crippen LogP contribution is 2.48. The van der Waals surface area contributed by atoms with Crippen LogP contribution in [0, 0.1) is 5.92 Å². The number of halogens is 4. The van der Waals surface area contributed by atoms with Crippen LogP contribution in [0.3, 0.4) is 0 Å². The molecule has 16 nitrogen and oxygen atoms in total. The van der Waals surface area contributed by atoms with Gasteiger partial charge in [-0.3, -0.25) is 14.4 Å². The number of carbonyl (C=O) groups is 5. The molecule has 2 atom stereocenters. The number of alkyl halides is 3. The maximum Gasteiger partial charge on any atom is 0.422 e. The molecule has 3 amide bonds. The van der Waals surface area contributed by atoms with Crippen molar-refractivity contribution in [2.75, 3.05) is 44.0 Å². The second kappa shape index (κ2) is 18.9. The average Bonchev–Trinajstić information content (AvgIpc) is 3.97. The zero-order chi connectivity index (χ0) is 43.0. The molecule has 2 aliphatic rings. The number of nitrogens with one attached hydrogen (secondary N) is 4. The van der Waals surface area contributed by atoms with Crippen LogP contribution >= 0.6 is 11.6 Å². The lowest BCUT2D eigenvalue weighted by atomic mass is 9.98. The predicted molar refractivity (Wildman–Crippen MR) is 208 cm³/mol. The van der Waals surface area contributed by atoms with Gasteiger partial charge in [-0.2, -0.15) is 28.1 Å². The Morgan fingerprint density at radius 3 is 2.27 bits per heavy atom. The summed E-state index contributed by atoms with van der Waals surface area (Å²) in [4.78, 5) is 77.5. The van der Waals surface area contributed by atoms with Gasteiger partial charge >= 0.3 is 24.2 Å². The summed E-state index contributed by atoms with van der Waals surface area (Å²) >= 11 is 6.04. The van der Waals surface area contributed by atoms with E-state index in [0.29, 0.717) is 43.1 Å². The first-order valence-electron chi connectivity index (χ1n) is 18.9. The molecule has 2 aromatic carbocycles. The van der Waals surface area contributed by atoms with E-state index < -0.39 is 65.6 Å². The summed E-state index contributed by atoms with van der Waals surface area (Å²) in [5.41, 5.74) is 0.115. The fourth-order valence-electron chi connectivity index (χ4n) is 6.19. The number of anilines is 3. The fraction of sp³-hybridized carbons (Fsp3) is 0.487. The van der Waals surface area contributed by atoms with E-state index in [-0.39, 0.29) is 42.8 Å². The number of hydrogen-bond donors (Lipinski definition) is 4. The van der Waals surface area contributed by atoms with Crippen molar-refractivity contribution in [3.63, 3.8) is 0 Å². The molecule has 1 aliphatic carbocycles. The number of ether oxygens (including phenoxy) is 3. The monoisotopic (exact) mass is 846 g/mol. The second-order valence-corrected chi connectivity index (χ2v) is 15.7. The van der Waals surface area contributed by atoms with Crippen LogP contribution in [-0.2, 0) is 29.4 Å². The van der Waals surface area contributed by atoms with Crippen LogP contribution in [0.25, 0.3) is 0 Å². The Hall–Kier alpha value is -5.72. The molecule has 2 heterocycles. The Balaban J connectivity index is 1.16. The smallest absolute Gasteiger partial charge is 0.422 e. The van der Waals surface area contributed by atoms with Gasteiger partial charge in [0.15, 0.2) is 6.61 Å². The molecule has 20 heteroatoms.